The highest BCUT2D eigenvalue weighted by Gasteiger charge is 2.24. The standard InChI is InChI=1S/C19H19ClN2O3/c1-22-12-13-8-9-14(11-15(13)19(22)24)21-18(23)7-4-10-25-17-6-3-2-5-16(17)20/h2-3,5-6,8-9,11H,4,7,10,12H2,1H3,(H,21,23). The van der Waals surface area contributed by atoms with Crippen molar-refractivity contribution in [2.75, 3.05) is 19.0 Å². The molecule has 1 N–H and O–H groups in total. The van der Waals surface area contributed by atoms with Crippen LogP contribution in [0.2, 0.25) is 5.02 Å². The van der Waals surface area contributed by atoms with Crippen molar-refractivity contribution in [3.05, 3.63) is 58.6 Å². The fourth-order valence-corrected chi connectivity index (χ4v) is 2.91. The average Bonchev–Trinajstić information content (AvgIpc) is 2.88. The molecule has 130 valence electrons. The number of carbonyl (C=O) groups excluding carboxylic acids is 2. The Morgan fingerprint density at radius 3 is 2.88 bits per heavy atom. The van der Waals surface area contributed by atoms with E-state index >= 15 is 0 Å². The Balaban J connectivity index is 1.47. The number of benzene rings is 2. The number of fused-ring (bicyclic) bond motifs is 1. The van der Waals surface area contributed by atoms with Crippen LogP contribution in [0.25, 0.3) is 0 Å². The van der Waals surface area contributed by atoms with E-state index in [1.165, 1.54) is 0 Å². The third kappa shape index (κ3) is 4.12. The van der Waals surface area contributed by atoms with Crippen LogP contribution >= 0.6 is 11.6 Å². The Kier molecular flexibility index (Phi) is 5.24. The molecule has 0 atom stereocenters. The number of halogens is 1. The number of ether oxygens (including phenoxy) is 1. The highest BCUT2D eigenvalue weighted by molar-refractivity contribution is 6.32. The second kappa shape index (κ2) is 7.57. The lowest BCUT2D eigenvalue weighted by molar-refractivity contribution is -0.116. The molecular formula is C19H19ClN2O3. The number of para-hydroxylation sites is 1. The highest BCUT2D eigenvalue weighted by Crippen LogP contribution is 2.25. The average molecular weight is 359 g/mol. The Labute approximate surface area is 151 Å². The van der Waals surface area contributed by atoms with Crippen LogP contribution in [0, 0.1) is 0 Å². The lowest BCUT2D eigenvalue weighted by atomic mass is 10.1. The first-order valence-corrected chi connectivity index (χ1v) is 8.48. The van der Waals surface area contributed by atoms with Crippen LogP contribution in [0.1, 0.15) is 28.8 Å². The fraction of sp³-hybridized carbons (Fsp3) is 0.263. The van der Waals surface area contributed by atoms with Gasteiger partial charge in [-0.15, -0.1) is 0 Å². The first-order chi connectivity index (χ1) is 12.0. The molecule has 0 aliphatic carbocycles. The molecule has 6 heteroatoms. The predicted octanol–water partition coefficient (Wildman–Crippen LogP) is 3.72. The third-order valence-corrected chi connectivity index (χ3v) is 4.33. The Hall–Kier alpha value is -2.53. The summed E-state index contributed by atoms with van der Waals surface area (Å²) < 4.78 is 5.56. The zero-order chi connectivity index (χ0) is 17.8. The van der Waals surface area contributed by atoms with Crippen molar-refractivity contribution in [2.45, 2.75) is 19.4 Å². The van der Waals surface area contributed by atoms with Gasteiger partial charge in [-0.1, -0.05) is 29.8 Å². The summed E-state index contributed by atoms with van der Waals surface area (Å²) in [6, 6.07) is 12.7. The van der Waals surface area contributed by atoms with Crippen LogP contribution in [-0.2, 0) is 11.3 Å². The molecule has 2 aromatic carbocycles. The molecule has 0 bridgehead atoms. The van der Waals surface area contributed by atoms with E-state index in [1.807, 2.05) is 24.3 Å². The Morgan fingerprint density at radius 1 is 1.28 bits per heavy atom. The van der Waals surface area contributed by atoms with Gasteiger partial charge >= 0.3 is 0 Å². The summed E-state index contributed by atoms with van der Waals surface area (Å²) in [7, 11) is 1.76. The van der Waals surface area contributed by atoms with Crippen molar-refractivity contribution in [2.24, 2.45) is 0 Å². The predicted molar refractivity (Wildman–Crippen MR) is 97.1 cm³/mol. The second-order valence-electron chi connectivity index (χ2n) is 5.96. The summed E-state index contributed by atoms with van der Waals surface area (Å²) in [4.78, 5) is 25.7. The minimum absolute atomic E-state index is 0.0146. The molecule has 0 unspecified atom stereocenters. The number of rotatable bonds is 6. The van der Waals surface area contributed by atoms with Crippen molar-refractivity contribution in [1.29, 1.82) is 0 Å². The van der Waals surface area contributed by atoms with Gasteiger partial charge in [-0.2, -0.15) is 0 Å². The zero-order valence-corrected chi connectivity index (χ0v) is 14.7. The summed E-state index contributed by atoms with van der Waals surface area (Å²) in [5.74, 6) is 0.492. The van der Waals surface area contributed by atoms with Gasteiger partial charge in [-0.25, -0.2) is 0 Å². The summed E-state index contributed by atoms with van der Waals surface area (Å²) in [5, 5.41) is 3.38. The van der Waals surface area contributed by atoms with Gasteiger partial charge < -0.3 is 15.0 Å². The SMILES string of the molecule is CN1Cc2ccc(NC(=O)CCCOc3ccccc3Cl)cc2C1=O. The number of anilines is 1. The maximum absolute atomic E-state index is 12.0. The zero-order valence-electron chi connectivity index (χ0n) is 13.9. The molecule has 0 saturated carbocycles. The molecule has 2 amide bonds. The van der Waals surface area contributed by atoms with Crippen LogP contribution < -0.4 is 10.1 Å². The topological polar surface area (TPSA) is 58.6 Å². The molecule has 1 heterocycles. The van der Waals surface area contributed by atoms with Crippen LogP contribution in [0.3, 0.4) is 0 Å². The number of nitrogens with one attached hydrogen (secondary N) is 1. The highest BCUT2D eigenvalue weighted by atomic mass is 35.5. The fourth-order valence-electron chi connectivity index (χ4n) is 2.72. The molecule has 1 aliphatic heterocycles. The molecule has 2 aromatic rings. The number of nitrogens with zero attached hydrogens (tertiary/aromatic N) is 1. The van der Waals surface area contributed by atoms with E-state index < -0.39 is 0 Å². The number of hydrogen-bond donors (Lipinski definition) is 1. The molecule has 25 heavy (non-hydrogen) atoms. The van der Waals surface area contributed by atoms with Gasteiger partial charge in [-0.05, 0) is 36.2 Å². The van der Waals surface area contributed by atoms with Gasteiger partial charge in [0.1, 0.15) is 5.75 Å². The van der Waals surface area contributed by atoms with Gasteiger partial charge in [0.25, 0.3) is 5.91 Å². The summed E-state index contributed by atoms with van der Waals surface area (Å²) in [6.07, 6.45) is 0.902. The largest absolute Gasteiger partial charge is 0.492 e. The molecule has 0 radical (unpaired) electrons. The normalized spacial score (nSPS) is 12.9. The van der Waals surface area contributed by atoms with Crippen molar-refractivity contribution >= 4 is 29.1 Å². The van der Waals surface area contributed by atoms with E-state index in [4.69, 9.17) is 16.3 Å². The van der Waals surface area contributed by atoms with Crippen LogP contribution in [0.5, 0.6) is 5.75 Å². The van der Waals surface area contributed by atoms with E-state index in [-0.39, 0.29) is 11.8 Å². The van der Waals surface area contributed by atoms with E-state index in [9.17, 15) is 9.59 Å². The number of hydrogen-bond acceptors (Lipinski definition) is 3. The van der Waals surface area contributed by atoms with Gasteiger partial charge in [-0.3, -0.25) is 9.59 Å². The van der Waals surface area contributed by atoms with Gasteiger partial charge in [0.2, 0.25) is 5.91 Å². The molecular weight excluding hydrogens is 340 g/mol. The van der Waals surface area contributed by atoms with E-state index in [0.717, 1.165) is 5.56 Å². The number of carbonyl (C=O) groups is 2. The van der Waals surface area contributed by atoms with Crippen molar-refractivity contribution < 1.29 is 14.3 Å². The smallest absolute Gasteiger partial charge is 0.254 e. The molecule has 0 spiro atoms. The van der Waals surface area contributed by atoms with Crippen molar-refractivity contribution in [3.8, 4) is 5.75 Å². The van der Waals surface area contributed by atoms with Gasteiger partial charge in [0.15, 0.2) is 0 Å². The Bertz CT molecular complexity index is 807. The maximum Gasteiger partial charge on any atom is 0.254 e. The van der Waals surface area contributed by atoms with Crippen molar-refractivity contribution in [1.82, 2.24) is 4.90 Å². The van der Waals surface area contributed by atoms with E-state index in [0.29, 0.717) is 48.0 Å². The summed E-state index contributed by atoms with van der Waals surface area (Å²) >= 11 is 6.01. The number of amides is 2. The first kappa shape index (κ1) is 17.3. The summed E-state index contributed by atoms with van der Waals surface area (Å²) in [5.41, 5.74) is 2.28. The van der Waals surface area contributed by atoms with Crippen LogP contribution in [0.4, 0.5) is 5.69 Å². The monoisotopic (exact) mass is 358 g/mol. The molecule has 0 fully saturated rings. The Morgan fingerprint density at radius 2 is 2.08 bits per heavy atom. The minimum Gasteiger partial charge on any atom is -0.492 e. The molecule has 5 nitrogen and oxygen atoms in total. The quantitative estimate of drug-likeness (QED) is 0.800. The lowest BCUT2D eigenvalue weighted by Crippen LogP contribution is -2.17. The van der Waals surface area contributed by atoms with Crippen LogP contribution in [-0.4, -0.2) is 30.4 Å². The maximum atomic E-state index is 12.0. The third-order valence-electron chi connectivity index (χ3n) is 4.02. The first-order valence-electron chi connectivity index (χ1n) is 8.10. The van der Waals surface area contributed by atoms with E-state index in [1.54, 1.807) is 30.1 Å². The lowest BCUT2D eigenvalue weighted by Gasteiger charge is -2.09. The van der Waals surface area contributed by atoms with Gasteiger partial charge in [0.05, 0.1) is 11.6 Å². The van der Waals surface area contributed by atoms with Crippen LogP contribution in [0.15, 0.2) is 42.5 Å². The molecule has 3 rings (SSSR count). The van der Waals surface area contributed by atoms with Crippen molar-refractivity contribution in [3.63, 3.8) is 0 Å². The van der Waals surface area contributed by atoms with E-state index in [2.05, 4.69) is 5.32 Å². The summed E-state index contributed by atoms with van der Waals surface area (Å²) in [6.45, 7) is 1.02. The minimum atomic E-state index is -0.110. The van der Waals surface area contributed by atoms with Gasteiger partial charge in [0, 0.05) is 31.3 Å². The molecule has 0 saturated heterocycles. The molecule has 0 aromatic heterocycles. The second-order valence-corrected chi connectivity index (χ2v) is 6.37. The molecule has 1 aliphatic rings.